The quantitative estimate of drug-likeness (QED) is 0.396. The Morgan fingerprint density at radius 2 is 2.06 bits per heavy atom. The molecule has 0 atom stereocenters. The molecule has 0 unspecified atom stereocenters. The van der Waals surface area contributed by atoms with Crippen molar-refractivity contribution in [3.05, 3.63) is 68.0 Å². The molecule has 1 saturated carbocycles. The molecule has 0 aromatic carbocycles. The van der Waals surface area contributed by atoms with Crippen LogP contribution in [0.5, 0.6) is 0 Å². The lowest BCUT2D eigenvalue weighted by molar-refractivity contribution is 0.0623. The molecule has 1 fully saturated rings. The van der Waals surface area contributed by atoms with Gasteiger partial charge in [-0.05, 0) is 56.7 Å². The molecule has 0 aliphatic heterocycles. The molecule has 0 saturated heterocycles. The zero-order valence-corrected chi connectivity index (χ0v) is 20.6. The highest BCUT2D eigenvalue weighted by Crippen LogP contribution is 2.22. The fourth-order valence-electron chi connectivity index (χ4n) is 3.46. The van der Waals surface area contributed by atoms with Crippen LogP contribution in [0.1, 0.15) is 58.2 Å². The molecule has 12 heteroatoms. The minimum absolute atomic E-state index is 0.136. The molecule has 2 N–H and O–H groups in total. The standard InChI is InChI=1S/C24H27FN6O4S/c1-15-8-9-16(13-26-15)14-27-21(32)22-30-29-19(36-22)7-2-3-11-31-12-10-18(20(25)23(31)33)28-24(34)35-17-5-4-6-17/h8-10,12-13,17H,2-7,11,14H2,1H3,(H,27,32)(H,28,34). The van der Waals surface area contributed by atoms with Crippen molar-refractivity contribution in [3.8, 4) is 0 Å². The smallest absolute Gasteiger partial charge is 0.411 e. The van der Waals surface area contributed by atoms with Crippen LogP contribution in [0.4, 0.5) is 14.9 Å². The van der Waals surface area contributed by atoms with E-state index in [1.165, 1.54) is 28.2 Å². The molecule has 0 bridgehead atoms. The summed E-state index contributed by atoms with van der Waals surface area (Å²) in [5.41, 5.74) is 0.792. The lowest BCUT2D eigenvalue weighted by atomic mass is 9.96. The van der Waals surface area contributed by atoms with Crippen LogP contribution in [0.25, 0.3) is 0 Å². The maximum absolute atomic E-state index is 14.4. The lowest BCUT2D eigenvalue weighted by Crippen LogP contribution is -2.29. The van der Waals surface area contributed by atoms with Crippen LogP contribution >= 0.6 is 11.3 Å². The number of pyridine rings is 2. The Morgan fingerprint density at radius 3 is 2.78 bits per heavy atom. The second kappa shape index (κ2) is 11.8. The summed E-state index contributed by atoms with van der Waals surface area (Å²) in [5.74, 6) is -1.32. The van der Waals surface area contributed by atoms with E-state index in [2.05, 4.69) is 25.8 Å². The van der Waals surface area contributed by atoms with Crippen LogP contribution in [-0.4, -0.2) is 37.9 Å². The van der Waals surface area contributed by atoms with Crippen molar-refractivity contribution in [2.75, 3.05) is 5.32 Å². The molecular weight excluding hydrogens is 487 g/mol. The van der Waals surface area contributed by atoms with Crippen LogP contribution in [0.15, 0.2) is 35.4 Å². The van der Waals surface area contributed by atoms with Gasteiger partial charge in [0.2, 0.25) is 10.8 Å². The Bertz CT molecular complexity index is 1270. The highest BCUT2D eigenvalue weighted by molar-refractivity contribution is 7.13. The molecule has 0 radical (unpaired) electrons. The Balaban J connectivity index is 1.21. The number of anilines is 1. The van der Waals surface area contributed by atoms with Gasteiger partial charge in [-0.2, -0.15) is 4.39 Å². The lowest BCUT2D eigenvalue weighted by Gasteiger charge is -2.25. The fraction of sp³-hybridized carbons (Fsp3) is 0.417. The van der Waals surface area contributed by atoms with Crippen LogP contribution in [-0.2, 0) is 24.2 Å². The van der Waals surface area contributed by atoms with Gasteiger partial charge in [-0.15, -0.1) is 10.2 Å². The van der Waals surface area contributed by atoms with E-state index in [1.807, 2.05) is 19.1 Å². The number of aryl methyl sites for hydroxylation is 3. The minimum atomic E-state index is -1.02. The summed E-state index contributed by atoms with van der Waals surface area (Å²) in [5, 5.41) is 14.1. The van der Waals surface area contributed by atoms with Gasteiger partial charge in [0.1, 0.15) is 11.1 Å². The second-order valence-electron chi connectivity index (χ2n) is 8.57. The Hall–Kier alpha value is -3.67. The van der Waals surface area contributed by atoms with E-state index in [9.17, 15) is 18.8 Å². The number of hydrogen-bond acceptors (Lipinski definition) is 8. The summed E-state index contributed by atoms with van der Waals surface area (Å²) in [6, 6.07) is 5.13. The first kappa shape index (κ1) is 25.4. The molecule has 0 spiro atoms. The number of carbonyl (C=O) groups excluding carboxylic acids is 2. The zero-order chi connectivity index (χ0) is 25.5. The van der Waals surface area contributed by atoms with E-state index in [4.69, 9.17) is 4.74 Å². The third kappa shape index (κ3) is 6.72. The van der Waals surface area contributed by atoms with Gasteiger partial charge < -0.3 is 14.6 Å². The Labute approximate surface area is 210 Å². The molecule has 2 amide bonds. The largest absolute Gasteiger partial charge is 0.446 e. The van der Waals surface area contributed by atoms with Gasteiger partial charge >= 0.3 is 6.09 Å². The van der Waals surface area contributed by atoms with Crippen LogP contribution in [0.3, 0.4) is 0 Å². The van der Waals surface area contributed by atoms with Crippen LogP contribution in [0.2, 0.25) is 0 Å². The summed E-state index contributed by atoms with van der Waals surface area (Å²) < 4.78 is 20.8. The molecular formula is C24H27FN6O4S. The number of carbonyl (C=O) groups is 2. The molecule has 3 aromatic heterocycles. The van der Waals surface area contributed by atoms with E-state index >= 15 is 0 Å². The number of aromatic nitrogens is 4. The second-order valence-corrected chi connectivity index (χ2v) is 9.64. The van der Waals surface area contributed by atoms with Gasteiger partial charge in [-0.25, -0.2) is 4.79 Å². The predicted octanol–water partition coefficient (Wildman–Crippen LogP) is 3.60. The molecule has 190 valence electrons. The number of halogens is 1. The van der Waals surface area contributed by atoms with E-state index < -0.39 is 17.5 Å². The average Bonchev–Trinajstić information content (AvgIpc) is 3.32. The third-order valence-corrected chi connectivity index (χ3v) is 6.78. The number of nitrogens with one attached hydrogen (secondary N) is 2. The summed E-state index contributed by atoms with van der Waals surface area (Å²) in [7, 11) is 0. The monoisotopic (exact) mass is 514 g/mol. The van der Waals surface area contributed by atoms with E-state index in [0.29, 0.717) is 37.4 Å². The molecule has 1 aliphatic carbocycles. The van der Waals surface area contributed by atoms with Crippen molar-refractivity contribution in [1.82, 2.24) is 25.1 Å². The van der Waals surface area contributed by atoms with Crippen molar-refractivity contribution in [2.24, 2.45) is 0 Å². The highest BCUT2D eigenvalue weighted by atomic mass is 32.1. The summed E-state index contributed by atoms with van der Waals surface area (Å²) >= 11 is 1.22. The third-order valence-electron chi connectivity index (χ3n) is 5.80. The van der Waals surface area contributed by atoms with Crippen molar-refractivity contribution in [2.45, 2.75) is 64.6 Å². The van der Waals surface area contributed by atoms with E-state index in [0.717, 1.165) is 30.5 Å². The normalized spacial score (nSPS) is 13.2. The number of amides is 2. The van der Waals surface area contributed by atoms with Gasteiger partial charge in [0.15, 0.2) is 0 Å². The Morgan fingerprint density at radius 1 is 1.22 bits per heavy atom. The van der Waals surface area contributed by atoms with Crippen molar-refractivity contribution < 1.29 is 18.7 Å². The zero-order valence-electron chi connectivity index (χ0n) is 19.8. The number of unbranched alkanes of at least 4 members (excludes halogenated alkanes) is 1. The van der Waals surface area contributed by atoms with E-state index in [1.54, 1.807) is 6.20 Å². The molecule has 1 aliphatic rings. The van der Waals surface area contributed by atoms with Gasteiger partial charge in [-0.1, -0.05) is 17.4 Å². The first-order valence-electron chi connectivity index (χ1n) is 11.8. The minimum Gasteiger partial charge on any atom is -0.446 e. The van der Waals surface area contributed by atoms with Crippen molar-refractivity contribution in [1.29, 1.82) is 0 Å². The van der Waals surface area contributed by atoms with Crippen LogP contribution in [0, 0.1) is 12.7 Å². The van der Waals surface area contributed by atoms with Crippen molar-refractivity contribution >= 4 is 29.0 Å². The Kier molecular flexibility index (Phi) is 8.36. The molecule has 4 rings (SSSR count). The van der Waals surface area contributed by atoms with Gasteiger partial charge in [0.25, 0.3) is 11.5 Å². The van der Waals surface area contributed by atoms with Crippen LogP contribution < -0.4 is 16.2 Å². The number of rotatable bonds is 10. The first-order chi connectivity index (χ1) is 17.4. The highest BCUT2D eigenvalue weighted by Gasteiger charge is 2.22. The first-order valence-corrected chi connectivity index (χ1v) is 12.6. The fourth-order valence-corrected chi connectivity index (χ4v) is 4.26. The molecule has 3 aromatic rings. The number of hydrogen-bond donors (Lipinski definition) is 2. The molecule has 36 heavy (non-hydrogen) atoms. The predicted molar refractivity (Wildman–Crippen MR) is 131 cm³/mol. The van der Waals surface area contributed by atoms with Gasteiger partial charge in [0.05, 0.1) is 5.69 Å². The van der Waals surface area contributed by atoms with Crippen molar-refractivity contribution in [3.63, 3.8) is 0 Å². The average molecular weight is 515 g/mol. The summed E-state index contributed by atoms with van der Waals surface area (Å²) in [4.78, 5) is 40.6. The topological polar surface area (TPSA) is 128 Å². The maximum Gasteiger partial charge on any atom is 0.411 e. The summed E-state index contributed by atoms with van der Waals surface area (Å²) in [6.45, 7) is 2.55. The van der Waals surface area contributed by atoms with Gasteiger partial charge in [0, 0.05) is 37.6 Å². The summed E-state index contributed by atoms with van der Waals surface area (Å²) in [6.07, 6.45) is 6.72. The number of nitrogens with zero attached hydrogens (tertiary/aromatic N) is 4. The molecule has 3 heterocycles. The maximum atomic E-state index is 14.4. The molecule has 10 nitrogen and oxygen atoms in total. The van der Waals surface area contributed by atoms with E-state index in [-0.39, 0.29) is 22.7 Å². The number of ether oxygens (including phenoxy) is 1. The van der Waals surface area contributed by atoms with Gasteiger partial charge in [-0.3, -0.25) is 19.9 Å². The SMILES string of the molecule is Cc1ccc(CNC(=O)c2nnc(CCCCn3ccc(NC(=O)OC4CCC4)c(F)c3=O)s2)cn1.